The summed E-state index contributed by atoms with van der Waals surface area (Å²) in [5, 5.41) is 0.641. The molecule has 2 rings (SSSR count). The van der Waals surface area contributed by atoms with Gasteiger partial charge >= 0.3 is 0 Å². The molecule has 2 N–H and O–H groups in total. The van der Waals surface area contributed by atoms with Gasteiger partial charge in [0.15, 0.2) is 0 Å². The highest BCUT2D eigenvalue weighted by atomic mass is 35.5. The van der Waals surface area contributed by atoms with Gasteiger partial charge in [0.25, 0.3) is 0 Å². The highest BCUT2D eigenvalue weighted by Crippen LogP contribution is 2.29. The average Bonchev–Trinajstić information content (AvgIpc) is 2.72. The fourth-order valence-electron chi connectivity index (χ4n) is 2.02. The second kappa shape index (κ2) is 4.75. The van der Waals surface area contributed by atoms with E-state index in [9.17, 15) is 0 Å². The molecule has 0 aliphatic heterocycles. The molecule has 0 amide bonds. The van der Waals surface area contributed by atoms with Crippen molar-refractivity contribution in [2.24, 2.45) is 5.92 Å². The molecule has 1 saturated carbocycles. The van der Waals surface area contributed by atoms with E-state index in [1.54, 1.807) is 18.2 Å². The number of nitrogen functional groups attached to an aromatic ring is 1. The Kier molecular flexibility index (Phi) is 3.37. The minimum atomic E-state index is 0.641. The molecule has 0 unspecified atom stereocenters. The third-order valence-electron chi connectivity index (χ3n) is 2.90. The zero-order valence-corrected chi connectivity index (χ0v) is 9.46. The first-order valence-electron chi connectivity index (χ1n) is 5.43. The molecule has 0 aromatic heterocycles. The van der Waals surface area contributed by atoms with Crippen LogP contribution >= 0.6 is 11.6 Å². The van der Waals surface area contributed by atoms with Crippen molar-refractivity contribution in [3.8, 4) is 5.75 Å². The van der Waals surface area contributed by atoms with Crippen molar-refractivity contribution in [3.05, 3.63) is 23.2 Å². The van der Waals surface area contributed by atoms with Crippen LogP contribution in [0.5, 0.6) is 5.75 Å². The number of benzene rings is 1. The SMILES string of the molecule is Nc1ccc(Cl)c(OCC2CCCC2)c1. The van der Waals surface area contributed by atoms with Gasteiger partial charge in [-0.1, -0.05) is 24.4 Å². The number of hydrogen-bond donors (Lipinski definition) is 1. The largest absolute Gasteiger partial charge is 0.492 e. The molecule has 2 nitrogen and oxygen atoms in total. The molecule has 0 bridgehead atoms. The number of rotatable bonds is 3. The third-order valence-corrected chi connectivity index (χ3v) is 3.22. The zero-order chi connectivity index (χ0) is 10.7. The van der Waals surface area contributed by atoms with E-state index in [0.29, 0.717) is 22.4 Å². The molecule has 15 heavy (non-hydrogen) atoms. The summed E-state index contributed by atoms with van der Waals surface area (Å²) < 4.78 is 5.69. The lowest BCUT2D eigenvalue weighted by molar-refractivity contribution is 0.252. The first kappa shape index (κ1) is 10.6. The Morgan fingerprint density at radius 1 is 1.33 bits per heavy atom. The second-order valence-corrected chi connectivity index (χ2v) is 4.56. The molecule has 0 radical (unpaired) electrons. The monoisotopic (exact) mass is 225 g/mol. The van der Waals surface area contributed by atoms with E-state index in [1.807, 2.05) is 0 Å². The molecule has 0 atom stereocenters. The van der Waals surface area contributed by atoms with Gasteiger partial charge in [-0.2, -0.15) is 0 Å². The van der Waals surface area contributed by atoms with Gasteiger partial charge < -0.3 is 10.5 Å². The maximum Gasteiger partial charge on any atom is 0.139 e. The van der Waals surface area contributed by atoms with Gasteiger partial charge in [0.1, 0.15) is 5.75 Å². The lowest BCUT2D eigenvalue weighted by Crippen LogP contribution is -2.08. The van der Waals surface area contributed by atoms with Crippen molar-refractivity contribution >= 4 is 17.3 Å². The van der Waals surface area contributed by atoms with Crippen LogP contribution in [-0.4, -0.2) is 6.61 Å². The lowest BCUT2D eigenvalue weighted by Gasteiger charge is -2.12. The van der Waals surface area contributed by atoms with Crippen molar-refractivity contribution in [2.45, 2.75) is 25.7 Å². The van der Waals surface area contributed by atoms with E-state index >= 15 is 0 Å². The van der Waals surface area contributed by atoms with Crippen LogP contribution in [0, 0.1) is 5.92 Å². The van der Waals surface area contributed by atoms with Crippen molar-refractivity contribution in [1.29, 1.82) is 0 Å². The number of anilines is 1. The summed E-state index contributed by atoms with van der Waals surface area (Å²) in [6.45, 7) is 0.767. The van der Waals surface area contributed by atoms with Crippen LogP contribution in [0.4, 0.5) is 5.69 Å². The normalized spacial score (nSPS) is 16.9. The molecule has 1 aromatic rings. The van der Waals surface area contributed by atoms with Gasteiger partial charge in [0.2, 0.25) is 0 Å². The van der Waals surface area contributed by atoms with E-state index in [-0.39, 0.29) is 0 Å². The fraction of sp³-hybridized carbons (Fsp3) is 0.500. The Morgan fingerprint density at radius 2 is 2.07 bits per heavy atom. The topological polar surface area (TPSA) is 35.2 Å². The Bertz CT molecular complexity index is 334. The van der Waals surface area contributed by atoms with Crippen LogP contribution < -0.4 is 10.5 Å². The minimum absolute atomic E-state index is 0.641. The number of nitrogens with two attached hydrogens (primary N) is 1. The maximum absolute atomic E-state index is 6.00. The molecule has 1 aliphatic rings. The van der Waals surface area contributed by atoms with Crippen LogP contribution in [0.25, 0.3) is 0 Å². The van der Waals surface area contributed by atoms with E-state index in [2.05, 4.69) is 0 Å². The Morgan fingerprint density at radius 3 is 2.80 bits per heavy atom. The summed E-state index contributed by atoms with van der Waals surface area (Å²) in [6, 6.07) is 5.35. The summed E-state index contributed by atoms with van der Waals surface area (Å²) in [5.74, 6) is 1.41. The lowest BCUT2D eigenvalue weighted by atomic mass is 10.1. The van der Waals surface area contributed by atoms with Crippen molar-refractivity contribution < 1.29 is 4.74 Å². The van der Waals surface area contributed by atoms with Crippen molar-refractivity contribution in [3.63, 3.8) is 0 Å². The molecule has 82 valence electrons. The van der Waals surface area contributed by atoms with Crippen LogP contribution in [0.2, 0.25) is 5.02 Å². The van der Waals surface area contributed by atoms with Gasteiger partial charge in [0, 0.05) is 11.8 Å². The van der Waals surface area contributed by atoms with Crippen molar-refractivity contribution in [2.75, 3.05) is 12.3 Å². The summed E-state index contributed by atoms with van der Waals surface area (Å²) in [5.41, 5.74) is 6.37. The van der Waals surface area contributed by atoms with Gasteiger partial charge in [-0.25, -0.2) is 0 Å². The zero-order valence-electron chi connectivity index (χ0n) is 8.71. The van der Waals surface area contributed by atoms with Gasteiger partial charge in [0.05, 0.1) is 11.6 Å². The molecular weight excluding hydrogens is 210 g/mol. The van der Waals surface area contributed by atoms with E-state index in [4.69, 9.17) is 22.1 Å². The summed E-state index contributed by atoms with van der Waals surface area (Å²) in [7, 11) is 0. The molecule has 0 saturated heterocycles. The third kappa shape index (κ3) is 2.78. The molecule has 3 heteroatoms. The average molecular weight is 226 g/mol. The predicted molar refractivity (Wildman–Crippen MR) is 63.3 cm³/mol. The maximum atomic E-state index is 6.00. The van der Waals surface area contributed by atoms with Gasteiger partial charge in [-0.05, 0) is 30.9 Å². The van der Waals surface area contributed by atoms with Crippen LogP contribution in [0.1, 0.15) is 25.7 Å². The highest BCUT2D eigenvalue weighted by molar-refractivity contribution is 6.32. The second-order valence-electron chi connectivity index (χ2n) is 4.15. The Balaban J connectivity index is 1.94. The fourth-order valence-corrected chi connectivity index (χ4v) is 2.19. The molecule has 1 fully saturated rings. The van der Waals surface area contributed by atoms with Crippen LogP contribution in [0.3, 0.4) is 0 Å². The van der Waals surface area contributed by atoms with E-state index in [0.717, 1.165) is 6.61 Å². The standard InChI is InChI=1S/C12H16ClNO/c13-11-6-5-10(14)7-12(11)15-8-9-3-1-2-4-9/h5-7,9H,1-4,8,14H2. The predicted octanol–water partition coefficient (Wildman–Crippen LogP) is 3.49. The van der Waals surface area contributed by atoms with Crippen LogP contribution in [-0.2, 0) is 0 Å². The molecule has 1 aromatic carbocycles. The Hall–Kier alpha value is -0.890. The summed E-state index contributed by atoms with van der Waals surface area (Å²) in [4.78, 5) is 0. The van der Waals surface area contributed by atoms with Crippen LogP contribution in [0.15, 0.2) is 18.2 Å². The quantitative estimate of drug-likeness (QED) is 0.800. The summed E-state index contributed by atoms with van der Waals surface area (Å²) in [6.07, 6.45) is 5.22. The number of hydrogen-bond acceptors (Lipinski definition) is 2. The smallest absolute Gasteiger partial charge is 0.139 e. The molecule has 0 spiro atoms. The van der Waals surface area contributed by atoms with Crippen molar-refractivity contribution in [1.82, 2.24) is 0 Å². The molecule has 1 aliphatic carbocycles. The number of ether oxygens (including phenoxy) is 1. The van der Waals surface area contributed by atoms with E-state index < -0.39 is 0 Å². The van der Waals surface area contributed by atoms with E-state index in [1.165, 1.54) is 25.7 Å². The first-order valence-corrected chi connectivity index (χ1v) is 5.81. The Labute approximate surface area is 95.4 Å². The minimum Gasteiger partial charge on any atom is -0.492 e. The summed E-state index contributed by atoms with van der Waals surface area (Å²) >= 11 is 6.00. The number of halogens is 1. The molecule has 0 heterocycles. The van der Waals surface area contributed by atoms with Gasteiger partial charge in [-0.3, -0.25) is 0 Å². The first-order chi connectivity index (χ1) is 7.25. The molecular formula is C12H16ClNO. The van der Waals surface area contributed by atoms with Gasteiger partial charge in [-0.15, -0.1) is 0 Å². The highest BCUT2D eigenvalue weighted by Gasteiger charge is 2.16.